The van der Waals surface area contributed by atoms with Crippen molar-refractivity contribution in [2.75, 3.05) is 19.0 Å². The molecule has 1 N–H and O–H groups in total. The molecule has 0 saturated carbocycles. The fraction of sp³-hybridized carbons (Fsp3) is 0.273. The second-order valence-electron chi connectivity index (χ2n) is 7.33. The van der Waals surface area contributed by atoms with Gasteiger partial charge in [0.15, 0.2) is 5.82 Å². The first-order valence-electron chi connectivity index (χ1n) is 10.0. The number of rotatable bonds is 7. The normalized spacial score (nSPS) is 11.2. The van der Waals surface area contributed by atoms with E-state index in [4.69, 9.17) is 21.4 Å². The number of halogens is 2. The third-order valence-electron chi connectivity index (χ3n) is 5.13. The van der Waals surface area contributed by atoms with Crippen molar-refractivity contribution in [2.24, 2.45) is 0 Å². The summed E-state index contributed by atoms with van der Waals surface area (Å²) in [6, 6.07) is 8.06. The highest BCUT2D eigenvalue weighted by atomic mass is 35.5. The van der Waals surface area contributed by atoms with Gasteiger partial charge in [0.05, 0.1) is 35.3 Å². The highest BCUT2D eigenvalue weighted by molar-refractivity contribution is 6.31. The van der Waals surface area contributed by atoms with Crippen LogP contribution in [0.15, 0.2) is 36.7 Å². The Morgan fingerprint density at radius 1 is 1.09 bits per heavy atom. The summed E-state index contributed by atoms with van der Waals surface area (Å²) < 4.78 is 22.1. The molecule has 166 valence electrons. The van der Waals surface area contributed by atoms with E-state index in [1.807, 2.05) is 25.5 Å². The topological polar surface area (TPSA) is 82.7 Å². The SMILES string of the molecule is COCCn1nc(-c2ccc(F)cc2)c(C)c1Nc1cc(-n2nc(C)c(Cl)c2C)ncn1. The third kappa shape index (κ3) is 4.21. The lowest BCUT2D eigenvalue weighted by atomic mass is 10.1. The average molecular weight is 456 g/mol. The number of benzene rings is 1. The first-order chi connectivity index (χ1) is 15.4. The Bertz CT molecular complexity index is 1250. The summed E-state index contributed by atoms with van der Waals surface area (Å²) in [5.74, 6) is 1.64. The van der Waals surface area contributed by atoms with Gasteiger partial charge in [0.1, 0.15) is 23.8 Å². The van der Waals surface area contributed by atoms with Crippen LogP contribution in [0.2, 0.25) is 5.02 Å². The quantitative estimate of drug-likeness (QED) is 0.437. The Morgan fingerprint density at radius 3 is 2.50 bits per heavy atom. The zero-order valence-corrected chi connectivity index (χ0v) is 19.0. The summed E-state index contributed by atoms with van der Waals surface area (Å²) in [6.45, 7) is 6.71. The summed E-state index contributed by atoms with van der Waals surface area (Å²) in [5, 5.41) is 13.1. The molecule has 0 amide bonds. The van der Waals surface area contributed by atoms with Crippen LogP contribution in [0, 0.1) is 26.6 Å². The van der Waals surface area contributed by atoms with Crippen molar-refractivity contribution in [3.63, 3.8) is 0 Å². The maximum atomic E-state index is 13.4. The Balaban J connectivity index is 1.72. The Kier molecular flexibility index (Phi) is 6.20. The molecule has 0 aliphatic carbocycles. The molecule has 4 aromatic rings. The predicted molar refractivity (Wildman–Crippen MR) is 121 cm³/mol. The molecule has 4 rings (SSSR count). The number of aryl methyl sites for hydroxylation is 1. The van der Waals surface area contributed by atoms with E-state index in [2.05, 4.69) is 20.4 Å². The van der Waals surface area contributed by atoms with Crippen LogP contribution >= 0.6 is 11.6 Å². The fourth-order valence-corrected chi connectivity index (χ4v) is 3.55. The van der Waals surface area contributed by atoms with E-state index in [0.29, 0.717) is 29.8 Å². The van der Waals surface area contributed by atoms with Crippen LogP contribution in [-0.2, 0) is 11.3 Å². The molecule has 1 aromatic carbocycles. The van der Waals surface area contributed by atoms with Gasteiger partial charge in [-0.1, -0.05) is 11.6 Å². The summed E-state index contributed by atoms with van der Waals surface area (Å²) >= 11 is 6.29. The van der Waals surface area contributed by atoms with Gasteiger partial charge in [-0.2, -0.15) is 10.2 Å². The smallest absolute Gasteiger partial charge is 0.159 e. The minimum atomic E-state index is -0.290. The van der Waals surface area contributed by atoms with Gasteiger partial charge >= 0.3 is 0 Å². The fourth-order valence-electron chi connectivity index (χ4n) is 3.43. The summed E-state index contributed by atoms with van der Waals surface area (Å²) in [4.78, 5) is 8.69. The molecule has 0 unspecified atom stereocenters. The van der Waals surface area contributed by atoms with Gasteiger partial charge in [0.2, 0.25) is 0 Å². The lowest BCUT2D eigenvalue weighted by Crippen LogP contribution is -2.10. The summed E-state index contributed by atoms with van der Waals surface area (Å²) in [6.07, 6.45) is 1.47. The maximum Gasteiger partial charge on any atom is 0.159 e. The lowest BCUT2D eigenvalue weighted by Gasteiger charge is -2.11. The van der Waals surface area contributed by atoms with Crippen LogP contribution in [-0.4, -0.2) is 43.2 Å². The molecular formula is C22H23ClFN7O. The molecule has 3 aromatic heterocycles. The van der Waals surface area contributed by atoms with Crippen molar-refractivity contribution in [1.29, 1.82) is 0 Å². The number of nitrogens with one attached hydrogen (secondary N) is 1. The van der Waals surface area contributed by atoms with Gasteiger partial charge in [-0.25, -0.2) is 23.7 Å². The first-order valence-corrected chi connectivity index (χ1v) is 10.4. The van der Waals surface area contributed by atoms with E-state index in [1.54, 1.807) is 30.0 Å². The lowest BCUT2D eigenvalue weighted by molar-refractivity contribution is 0.184. The van der Waals surface area contributed by atoms with Gasteiger partial charge in [-0.3, -0.25) is 0 Å². The van der Waals surface area contributed by atoms with E-state index >= 15 is 0 Å². The second-order valence-corrected chi connectivity index (χ2v) is 7.71. The standard InChI is InChI=1S/C22H23ClFN7O/c1-13-21(16-5-7-17(24)8-6-16)29-30(9-10-32-4)22(13)27-18-11-19(26-12-25-18)31-15(3)20(23)14(2)28-31/h5-8,11-12H,9-10H2,1-4H3,(H,25,26,27). The minimum absolute atomic E-state index is 0.290. The maximum absolute atomic E-state index is 13.4. The molecular weight excluding hydrogens is 433 g/mol. The first kappa shape index (κ1) is 21.9. The second kappa shape index (κ2) is 9.05. The van der Waals surface area contributed by atoms with E-state index in [-0.39, 0.29) is 5.82 Å². The molecule has 0 saturated heterocycles. The molecule has 0 fully saturated rings. The molecule has 0 aliphatic rings. The van der Waals surface area contributed by atoms with Crippen LogP contribution in [0.4, 0.5) is 16.0 Å². The Hall–Kier alpha value is -3.30. The summed E-state index contributed by atoms with van der Waals surface area (Å²) in [5.41, 5.74) is 4.01. The molecule has 0 bridgehead atoms. The van der Waals surface area contributed by atoms with Crippen molar-refractivity contribution in [2.45, 2.75) is 27.3 Å². The van der Waals surface area contributed by atoms with Gasteiger partial charge in [-0.15, -0.1) is 0 Å². The van der Waals surface area contributed by atoms with Crippen molar-refractivity contribution in [1.82, 2.24) is 29.5 Å². The van der Waals surface area contributed by atoms with Crippen LogP contribution < -0.4 is 5.32 Å². The van der Waals surface area contributed by atoms with Gasteiger partial charge < -0.3 is 10.1 Å². The number of hydrogen-bond donors (Lipinski definition) is 1. The van der Waals surface area contributed by atoms with Gasteiger partial charge in [0, 0.05) is 24.3 Å². The minimum Gasteiger partial charge on any atom is -0.383 e. The molecule has 0 radical (unpaired) electrons. The third-order valence-corrected chi connectivity index (χ3v) is 5.68. The summed E-state index contributed by atoms with van der Waals surface area (Å²) in [7, 11) is 1.64. The van der Waals surface area contributed by atoms with Crippen LogP contribution in [0.5, 0.6) is 0 Å². The zero-order valence-electron chi connectivity index (χ0n) is 18.2. The number of aromatic nitrogens is 6. The predicted octanol–water partition coefficient (Wildman–Crippen LogP) is 4.63. The van der Waals surface area contributed by atoms with E-state index in [0.717, 1.165) is 34.0 Å². The van der Waals surface area contributed by atoms with Crippen molar-refractivity contribution < 1.29 is 9.13 Å². The van der Waals surface area contributed by atoms with E-state index < -0.39 is 0 Å². The largest absolute Gasteiger partial charge is 0.383 e. The molecule has 0 aliphatic heterocycles. The van der Waals surface area contributed by atoms with Crippen LogP contribution in [0.25, 0.3) is 17.1 Å². The number of anilines is 2. The van der Waals surface area contributed by atoms with E-state index in [9.17, 15) is 4.39 Å². The van der Waals surface area contributed by atoms with Crippen molar-refractivity contribution in [3.8, 4) is 17.1 Å². The Labute approximate surface area is 190 Å². The zero-order chi connectivity index (χ0) is 22.8. The molecule has 0 spiro atoms. The van der Waals surface area contributed by atoms with Crippen molar-refractivity contribution >= 4 is 23.2 Å². The highest BCUT2D eigenvalue weighted by Crippen LogP contribution is 2.30. The highest BCUT2D eigenvalue weighted by Gasteiger charge is 2.18. The molecule has 10 heteroatoms. The van der Waals surface area contributed by atoms with Gasteiger partial charge in [-0.05, 0) is 45.0 Å². The number of methoxy groups -OCH3 is 1. The van der Waals surface area contributed by atoms with Crippen LogP contribution in [0.1, 0.15) is 17.0 Å². The number of hydrogen-bond acceptors (Lipinski definition) is 6. The van der Waals surface area contributed by atoms with Gasteiger partial charge in [0.25, 0.3) is 0 Å². The molecule has 32 heavy (non-hydrogen) atoms. The average Bonchev–Trinajstić information content (AvgIpc) is 3.24. The number of nitrogens with zero attached hydrogens (tertiary/aromatic N) is 6. The Morgan fingerprint density at radius 2 is 1.84 bits per heavy atom. The number of ether oxygens (including phenoxy) is 1. The van der Waals surface area contributed by atoms with E-state index in [1.165, 1.54) is 18.5 Å². The monoisotopic (exact) mass is 455 g/mol. The van der Waals surface area contributed by atoms with Crippen molar-refractivity contribution in [3.05, 3.63) is 64.5 Å². The molecule has 0 atom stereocenters. The van der Waals surface area contributed by atoms with Crippen LogP contribution in [0.3, 0.4) is 0 Å². The molecule has 3 heterocycles. The molecule has 8 nitrogen and oxygen atoms in total.